The Kier molecular flexibility index (Phi) is 5.12. The SMILES string of the molecule is COc1ccc(OC2CCN(Cn3ncc4cc([N+](=O)[O-])ccc43)CC2)cc1. The summed E-state index contributed by atoms with van der Waals surface area (Å²) in [5.41, 5.74) is 0.991. The predicted molar refractivity (Wildman–Crippen MR) is 105 cm³/mol. The molecule has 0 saturated carbocycles. The molecule has 146 valence electrons. The van der Waals surface area contributed by atoms with Gasteiger partial charge < -0.3 is 9.47 Å². The molecule has 3 aromatic rings. The maximum absolute atomic E-state index is 10.9. The number of hydrogen-bond donors (Lipinski definition) is 0. The largest absolute Gasteiger partial charge is 0.497 e. The second kappa shape index (κ2) is 7.85. The van der Waals surface area contributed by atoms with E-state index in [1.54, 1.807) is 25.4 Å². The van der Waals surface area contributed by atoms with Gasteiger partial charge in [0, 0.05) is 30.6 Å². The number of fused-ring (bicyclic) bond motifs is 1. The highest BCUT2D eigenvalue weighted by atomic mass is 16.6. The quantitative estimate of drug-likeness (QED) is 0.480. The average molecular weight is 382 g/mol. The number of likely N-dealkylation sites (tertiary alicyclic amines) is 1. The van der Waals surface area contributed by atoms with Gasteiger partial charge in [-0.3, -0.25) is 19.7 Å². The van der Waals surface area contributed by atoms with Gasteiger partial charge in [0.1, 0.15) is 17.6 Å². The average Bonchev–Trinajstić information content (AvgIpc) is 3.12. The van der Waals surface area contributed by atoms with Crippen LogP contribution in [0.3, 0.4) is 0 Å². The Morgan fingerprint density at radius 1 is 1.14 bits per heavy atom. The van der Waals surface area contributed by atoms with Crippen LogP contribution in [0.5, 0.6) is 11.5 Å². The summed E-state index contributed by atoms with van der Waals surface area (Å²) < 4.78 is 13.1. The summed E-state index contributed by atoms with van der Waals surface area (Å²) in [5, 5.41) is 16.1. The molecule has 8 heteroatoms. The van der Waals surface area contributed by atoms with Gasteiger partial charge in [0.05, 0.1) is 30.4 Å². The van der Waals surface area contributed by atoms with Gasteiger partial charge in [-0.2, -0.15) is 5.10 Å². The molecule has 0 bridgehead atoms. The van der Waals surface area contributed by atoms with E-state index in [1.807, 2.05) is 28.9 Å². The minimum absolute atomic E-state index is 0.0866. The molecule has 1 aliphatic heterocycles. The Bertz CT molecular complexity index is 962. The highest BCUT2D eigenvalue weighted by molar-refractivity contribution is 5.81. The van der Waals surface area contributed by atoms with Gasteiger partial charge in [-0.1, -0.05) is 0 Å². The molecule has 28 heavy (non-hydrogen) atoms. The Morgan fingerprint density at radius 2 is 1.86 bits per heavy atom. The summed E-state index contributed by atoms with van der Waals surface area (Å²) in [4.78, 5) is 12.9. The molecular formula is C20H22N4O4. The molecule has 4 rings (SSSR count). The van der Waals surface area contributed by atoms with Crippen molar-refractivity contribution in [2.75, 3.05) is 20.2 Å². The first-order valence-corrected chi connectivity index (χ1v) is 9.25. The van der Waals surface area contributed by atoms with Crippen molar-refractivity contribution in [1.82, 2.24) is 14.7 Å². The van der Waals surface area contributed by atoms with Crippen molar-refractivity contribution in [3.05, 3.63) is 58.8 Å². The van der Waals surface area contributed by atoms with Crippen molar-refractivity contribution >= 4 is 16.6 Å². The van der Waals surface area contributed by atoms with Crippen LogP contribution in [0.15, 0.2) is 48.7 Å². The van der Waals surface area contributed by atoms with Crippen molar-refractivity contribution in [1.29, 1.82) is 0 Å². The van der Waals surface area contributed by atoms with E-state index in [0.717, 1.165) is 48.3 Å². The molecule has 2 heterocycles. The topological polar surface area (TPSA) is 82.7 Å². The van der Waals surface area contributed by atoms with E-state index in [1.165, 1.54) is 6.07 Å². The van der Waals surface area contributed by atoms with Crippen LogP contribution >= 0.6 is 0 Å². The molecule has 0 spiro atoms. The molecule has 0 N–H and O–H groups in total. The van der Waals surface area contributed by atoms with Gasteiger partial charge >= 0.3 is 0 Å². The third kappa shape index (κ3) is 3.91. The van der Waals surface area contributed by atoms with Crippen molar-refractivity contribution < 1.29 is 14.4 Å². The number of nitro benzene ring substituents is 1. The first-order valence-electron chi connectivity index (χ1n) is 9.25. The van der Waals surface area contributed by atoms with Crippen LogP contribution < -0.4 is 9.47 Å². The fourth-order valence-electron chi connectivity index (χ4n) is 3.51. The second-order valence-corrected chi connectivity index (χ2v) is 6.90. The number of nitro groups is 1. The monoisotopic (exact) mass is 382 g/mol. The summed E-state index contributed by atoms with van der Waals surface area (Å²) in [6.07, 6.45) is 3.76. The van der Waals surface area contributed by atoms with Crippen LogP contribution in [0.2, 0.25) is 0 Å². The Morgan fingerprint density at radius 3 is 2.54 bits per heavy atom. The number of benzene rings is 2. The summed E-state index contributed by atoms with van der Waals surface area (Å²) in [6, 6.07) is 12.5. The molecule has 8 nitrogen and oxygen atoms in total. The van der Waals surface area contributed by atoms with E-state index in [4.69, 9.17) is 9.47 Å². The van der Waals surface area contributed by atoms with Crippen LogP contribution in [-0.4, -0.2) is 45.9 Å². The lowest BCUT2D eigenvalue weighted by Crippen LogP contribution is -2.39. The zero-order valence-electron chi connectivity index (χ0n) is 15.7. The molecule has 0 amide bonds. The third-order valence-electron chi connectivity index (χ3n) is 5.07. The van der Waals surface area contributed by atoms with Crippen molar-refractivity contribution in [3.63, 3.8) is 0 Å². The number of methoxy groups -OCH3 is 1. The van der Waals surface area contributed by atoms with Crippen LogP contribution in [0.4, 0.5) is 5.69 Å². The van der Waals surface area contributed by atoms with Gasteiger partial charge in [0.2, 0.25) is 0 Å². The number of rotatable bonds is 6. The lowest BCUT2D eigenvalue weighted by Gasteiger charge is -2.32. The predicted octanol–water partition coefficient (Wildman–Crippen LogP) is 3.45. The van der Waals surface area contributed by atoms with Crippen LogP contribution in [0.25, 0.3) is 10.9 Å². The molecule has 0 aliphatic carbocycles. The lowest BCUT2D eigenvalue weighted by molar-refractivity contribution is -0.384. The summed E-state index contributed by atoms with van der Waals surface area (Å²) in [5.74, 6) is 1.68. The molecule has 0 atom stereocenters. The molecule has 1 saturated heterocycles. The smallest absolute Gasteiger partial charge is 0.270 e. The van der Waals surface area contributed by atoms with E-state index in [2.05, 4.69) is 10.00 Å². The first kappa shape index (κ1) is 18.2. The Labute approximate surface area is 162 Å². The van der Waals surface area contributed by atoms with E-state index >= 15 is 0 Å². The van der Waals surface area contributed by atoms with Crippen LogP contribution in [-0.2, 0) is 6.67 Å². The van der Waals surface area contributed by atoms with E-state index < -0.39 is 0 Å². The highest BCUT2D eigenvalue weighted by Gasteiger charge is 2.21. The summed E-state index contributed by atoms with van der Waals surface area (Å²) in [6.45, 7) is 2.49. The summed E-state index contributed by atoms with van der Waals surface area (Å²) >= 11 is 0. The number of nitrogens with zero attached hydrogens (tertiary/aromatic N) is 4. The number of non-ortho nitro benzene ring substituents is 1. The minimum atomic E-state index is -0.385. The molecule has 0 unspecified atom stereocenters. The van der Waals surface area contributed by atoms with E-state index in [0.29, 0.717) is 6.67 Å². The zero-order valence-corrected chi connectivity index (χ0v) is 15.7. The van der Waals surface area contributed by atoms with Gasteiger partial charge in [0.15, 0.2) is 0 Å². The molecule has 1 aromatic heterocycles. The molecular weight excluding hydrogens is 360 g/mol. The van der Waals surface area contributed by atoms with Crippen LogP contribution in [0.1, 0.15) is 12.8 Å². The number of aromatic nitrogens is 2. The fourth-order valence-corrected chi connectivity index (χ4v) is 3.51. The van der Waals surface area contributed by atoms with Gasteiger partial charge in [-0.25, -0.2) is 0 Å². The Hall–Kier alpha value is -3.13. The lowest BCUT2D eigenvalue weighted by atomic mass is 10.1. The normalized spacial score (nSPS) is 15.6. The number of hydrogen-bond acceptors (Lipinski definition) is 6. The van der Waals surface area contributed by atoms with E-state index in [9.17, 15) is 10.1 Å². The van der Waals surface area contributed by atoms with Gasteiger partial charge in [-0.15, -0.1) is 0 Å². The Balaban J connectivity index is 1.34. The second-order valence-electron chi connectivity index (χ2n) is 6.90. The number of piperidine rings is 1. The summed E-state index contributed by atoms with van der Waals surface area (Å²) in [7, 11) is 1.65. The minimum Gasteiger partial charge on any atom is -0.497 e. The van der Waals surface area contributed by atoms with Crippen molar-refractivity contribution in [3.8, 4) is 11.5 Å². The van der Waals surface area contributed by atoms with E-state index in [-0.39, 0.29) is 16.7 Å². The zero-order chi connectivity index (χ0) is 19.5. The molecule has 1 fully saturated rings. The maximum atomic E-state index is 10.9. The molecule has 2 aromatic carbocycles. The molecule has 0 radical (unpaired) electrons. The van der Waals surface area contributed by atoms with Crippen molar-refractivity contribution in [2.24, 2.45) is 0 Å². The number of ether oxygens (including phenoxy) is 2. The van der Waals surface area contributed by atoms with Gasteiger partial charge in [0.25, 0.3) is 5.69 Å². The third-order valence-corrected chi connectivity index (χ3v) is 5.07. The first-order chi connectivity index (χ1) is 13.6. The van der Waals surface area contributed by atoms with Gasteiger partial charge in [-0.05, 0) is 43.2 Å². The fraction of sp³-hybridized carbons (Fsp3) is 0.350. The van der Waals surface area contributed by atoms with Crippen molar-refractivity contribution in [2.45, 2.75) is 25.6 Å². The molecule has 1 aliphatic rings. The standard InChI is InChI=1S/C20H22N4O4/c1-27-17-3-5-18(6-4-17)28-19-8-10-22(11-9-19)14-23-20-7-2-16(24(25)26)12-15(20)13-21-23/h2-7,12-13,19H,8-11,14H2,1H3. The maximum Gasteiger partial charge on any atom is 0.270 e. The van der Waals surface area contributed by atoms with Crippen LogP contribution in [0, 0.1) is 10.1 Å². The highest BCUT2D eigenvalue weighted by Crippen LogP contribution is 2.24.